The van der Waals surface area contributed by atoms with Crippen molar-refractivity contribution in [2.75, 3.05) is 0 Å². The quantitative estimate of drug-likeness (QED) is 0.745. The van der Waals surface area contributed by atoms with Crippen LogP contribution in [-0.2, 0) is 17.9 Å². The van der Waals surface area contributed by atoms with Gasteiger partial charge in [-0.05, 0) is 35.5 Å². The van der Waals surface area contributed by atoms with Gasteiger partial charge in [-0.1, -0.05) is 18.2 Å². The lowest BCUT2D eigenvalue weighted by Gasteiger charge is -2.07. The van der Waals surface area contributed by atoms with Gasteiger partial charge >= 0.3 is 5.97 Å². The summed E-state index contributed by atoms with van der Waals surface area (Å²) >= 11 is 0. The number of carboxylic acid groups (broad SMARTS) is 1. The van der Waals surface area contributed by atoms with Crippen LogP contribution in [0.25, 0.3) is 11.4 Å². The molecule has 3 aromatic rings. The van der Waals surface area contributed by atoms with E-state index in [0.717, 1.165) is 4.80 Å². The number of benzene rings is 2. The molecule has 0 saturated carbocycles. The molecule has 8 heteroatoms. The number of carboxylic acids is 1. The van der Waals surface area contributed by atoms with Gasteiger partial charge in [-0.25, -0.2) is 4.39 Å². The maximum absolute atomic E-state index is 13.5. The summed E-state index contributed by atoms with van der Waals surface area (Å²) in [4.78, 5) is 11.6. The van der Waals surface area contributed by atoms with Crippen LogP contribution >= 0.6 is 0 Å². The lowest BCUT2D eigenvalue weighted by molar-refractivity contribution is -0.138. The molecule has 0 aliphatic carbocycles. The van der Waals surface area contributed by atoms with Crippen molar-refractivity contribution in [2.45, 2.75) is 13.2 Å². The summed E-state index contributed by atoms with van der Waals surface area (Å²) in [5.41, 5.74) is 1.14. The third-order valence-corrected chi connectivity index (χ3v) is 3.19. The predicted molar refractivity (Wildman–Crippen MR) is 81.6 cm³/mol. The van der Waals surface area contributed by atoms with Gasteiger partial charge in [0.2, 0.25) is 5.82 Å². The molecule has 3 rings (SSSR count). The lowest BCUT2D eigenvalue weighted by atomic mass is 10.2. The number of ether oxygens (including phenoxy) is 1. The number of aromatic nitrogens is 4. The molecule has 0 fully saturated rings. The van der Waals surface area contributed by atoms with Gasteiger partial charge in [-0.3, -0.25) is 4.79 Å². The van der Waals surface area contributed by atoms with Gasteiger partial charge in [0.15, 0.2) is 6.54 Å². The second-order valence-electron chi connectivity index (χ2n) is 4.94. The van der Waals surface area contributed by atoms with Crippen LogP contribution in [0.15, 0.2) is 48.5 Å². The van der Waals surface area contributed by atoms with Gasteiger partial charge in [0.05, 0.1) is 0 Å². The number of carbonyl (C=O) groups is 1. The van der Waals surface area contributed by atoms with E-state index >= 15 is 0 Å². The Morgan fingerprint density at radius 1 is 1.17 bits per heavy atom. The van der Waals surface area contributed by atoms with Crippen molar-refractivity contribution in [3.8, 4) is 17.1 Å². The molecular weight excluding hydrogens is 315 g/mol. The van der Waals surface area contributed by atoms with Crippen molar-refractivity contribution in [1.29, 1.82) is 0 Å². The minimum absolute atomic E-state index is 0.124. The maximum atomic E-state index is 13.5. The zero-order valence-electron chi connectivity index (χ0n) is 12.5. The zero-order valence-corrected chi connectivity index (χ0v) is 12.5. The van der Waals surface area contributed by atoms with Crippen LogP contribution in [0.4, 0.5) is 4.39 Å². The van der Waals surface area contributed by atoms with Crippen LogP contribution in [-0.4, -0.2) is 31.3 Å². The summed E-state index contributed by atoms with van der Waals surface area (Å²) in [6, 6.07) is 13.3. The molecule has 1 heterocycles. The molecule has 0 spiro atoms. The van der Waals surface area contributed by atoms with Crippen LogP contribution in [0.1, 0.15) is 5.56 Å². The van der Waals surface area contributed by atoms with Crippen LogP contribution in [0.2, 0.25) is 0 Å². The standard InChI is InChI=1S/C16H13FN4O3/c17-14-4-2-1-3-12(14)10-24-13-7-5-11(6-8-13)16-18-20-21(19-16)9-15(22)23/h1-8H,9-10H2,(H,22,23). The minimum Gasteiger partial charge on any atom is -0.489 e. The average molecular weight is 328 g/mol. The molecule has 0 atom stereocenters. The summed E-state index contributed by atoms with van der Waals surface area (Å²) in [6.07, 6.45) is 0. The Balaban J connectivity index is 1.66. The summed E-state index contributed by atoms with van der Waals surface area (Å²) in [5, 5.41) is 20.1. The first-order chi connectivity index (χ1) is 11.6. The summed E-state index contributed by atoms with van der Waals surface area (Å²) < 4.78 is 19.1. The van der Waals surface area contributed by atoms with Crippen molar-refractivity contribution in [3.05, 3.63) is 59.9 Å². The molecule has 1 aromatic heterocycles. The Hall–Kier alpha value is -3.29. The Morgan fingerprint density at radius 2 is 1.92 bits per heavy atom. The first-order valence-electron chi connectivity index (χ1n) is 7.08. The van der Waals surface area contributed by atoms with Crippen molar-refractivity contribution in [2.24, 2.45) is 0 Å². The number of nitrogens with zero attached hydrogens (tertiary/aromatic N) is 4. The van der Waals surface area contributed by atoms with E-state index in [1.54, 1.807) is 42.5 Å². The van der Waals surface area contributed by atoms with Crippen molar-refractivity contribution in [1.82, 2.24) is 20.2 Å². The van der Waals surface area contributed by atoms with Crippen molar-refractivity contribution >= 4 is 5.97 Å². The number of hydrogen-bond donors (Lipinski definition) is 1. The summed E-state index contributed by atoms with van der Waals surface area (Å²) in [7, 11) is 0. The second kappa shape index (κ2) is 6.86. The number of halogens is 1. The highest BCUT2D eigenvalue weighted by Crippen LogP contribution is 2.20. The molecular formula is C16H13FN4O3. The molecule has 0 saturated heterocycles. The van der Waals surface area contributed by atoms with E-state index in [-0.39, 0.29) is 19.0 Å². The highest BCUT2D eigenvalue weighted by Gasteiger charge is 2.08. The van der Waals surface area contributed by atoms with Crippen LogP contribution in [0.5, 0.6) is 5.75 Å². The Kier molecular flexibility index (Phi) is 4.46. The van der Waals surface area contributed by atoms with E-state index in [9.17, 15) is 9.18 Å². The maximum Gasteiger partial charge on any atom is 0.327 e. The van der Waals surface area contributed by atoms with Crippen molar-refractivity contribution < 1.29 is 19.0 Å². The Morgan fingerprint density at radius 3 is 2.62 bits per heavy atom. The molecule has 0 radical (unpaired) electrons. The highest BCUT2D eigenvalue weighted by molar-refractivity contribution is 5.66. The monoisotopic (exact) mass is 328 g/mol. The SMILES string of the molecule is O=C(O)Cn1nnc(-c2ccc(OCc3ccccc3F)cc2)n1. The molecule has 7 nitrogen and oxygen atoms in total. The fourth-order valence-corrected chi connectivity index (χ4v) is 2.02. The summed E-state index contributed by atoms with van der Waals surface area (Å²) in [6.45, 7) is -0.226. The lowest BCUT2D eigenvalue weighted by Crippen LogP contribution is -2.11. The molecule has 2 aromatic carbocycles. The Labute approximate surface area is 136 Å². The molecule has 122 valence electrons. The van der Waals surface area contributed by atoms with E-state index < -0.39 is 5.97 Å². The average Bonchev–Trinajstić information content (AvgIpc) is 3.02. The molecule has 0 amide bonds. The number of rotatable bonds is 6. The third kappa shape index (κ3) is 3.72. The van der Waals surface area contributed by atoms with E-state index in [4.69, 9.17) is 9.84 Å². The second-order valence-corrected chi connectivity index (χ2v) is 4.94. The zero-order chi connectivity index (χ0) is 16.9. The molecule has 1 N–H and O–H groups in total. The van der Waals surface area contributed by atoms with E-state index in [2.05, 4.69) is 15.4 Å². The number of aliphatic carboxylic acids is 1. The molecule has 0 aliphatic rings. The smallest absolute Gasteiger partial charge is 0.327 e. The first-order valence-corrected chi connectivity index (χ1v) is 7.08. The van der Waals surface area contributed by atoms with Crippen LogP contribution < -0.4 is 4.74 Å². The first kappa shape index (κ1) is 15.6. The minimum atomic E-state index is -1.05. The van der Waals surface area contributed by atoms with Crippen molar-refractivity contribution in [3.63, 3.8) is 0 Å². The fraction of sp³-hybridized carbons (Fsp3) is 0.125. The van der Waals surface area contributed by atoms with Gasteiger partial charge < -0.3 is 9.84 Å². The van der Waals surface area contributed by atoms with Gasteiger partial charge in [-0.15, -0.1) is 10.2 Å². The largest absolute Gasteiger partial charge is 0.489 e. The fourth-order valence-electron chi connectivity index (χ4n) is 2.02. The molecule has 0 bridgehead atoms. The third-order valence-electron chi connectivity index (χ3n) is 3.19. The van der Waals surface area contributed by atoms with E-state index in [1.165, 1.54) is 6.07 Å². The number of hydrogen-bond acceptors (Lipinski definition) is 5. The van der Waals surface area contributed by atoms with Gasteiger partial charge in [0, 0.05) is 11.1 Å². The Bertz CT molecular complexity index is 849. The van der Waals surface area contributed by atoms with Crippen LogP contribution in [0, 0.1) is 5.82 Å². The van der Waals surface area contributed by atoms with E-state index in [0.29, 0.717) is 22.7 Å². The van der Waals surface area contributed by atoms with Gasteiger partial charge in [0.25, 0.3) is 0 Å². The van der Waals surface area contributed by atoms with Gasteiger partial charge in [-0.2, -0.15) is 4.80 Å². The van der Waals surface area contributed by atoms with Gasteiger partial charge in [0.1, 0.15) is 18.2 Å². The molecule has 0 aliphatic heterocycles. The number of tetrazole rings is 1. The molecule has 0 unspecified atom stereocenters. The molecule has 24 heavy (non-hydrogen) atoms. The van der Waals surface area contributed by atoms with E-state index in [1.807, 2.05) is 0 Å². The highest BCUT2D eigenvalue weighted by atomic mass is 19.1. The topological polar surface area (TPSA) is 90.1 Å². The summed E-state index contributed by atoms with van der Waals surface area (Å²) in [5.74, 6) is -0.471. The normalized spacial score (nSPS) is 10.5. The predicted octanol–water partition coefficient (Wildman–Crippen LogP) is 2.14. The van der Waals surface area contributed by atoms with Crippen LogP contribution in [0.3, 0.4) is 0 Å².